The molecule has 0 N–H and O–H groups in total. The van der Waals surface area contributed by atoms with Crippen molar-refractivity contribution in [2.75, 3.05) is 23.0 Å². The number of carbonyl (C=O) groups is 4. The molecule has 4 aromatic carbocycles. The molecule has 89 heavy (non-hydrogen) atoms. The maximum atomic E-state index is 11.8. The third-order valence-electron chi connectivity index (χ3n) is 15.9. The molecule has 4 heterocycles. The fourth-order valence-corrected chi connectivity index (χ4v) is 13.2. The minimum absolute atomic E-state index is 0.368. The van der Waals surface area contributed by atoms with Crippen LogP contribution in [0.1, 0.15) is 152 Å². The van der Waals surface area contributed by atoms with E-state index in [1.54, 1.807) is 47.0 Å². The summed E-state index contributed by atoms with van der Waals surface area (Å²) in [4.78, 5) is 65.4. The minimum Gasteiger partial charge on any atom is -0.441 e. The zero-order valence-electron chi connectivity index (χ0n) is 53.1. The number of rotatable bonds is 29. The van der Waals surface area contributed by atoms with E-state index in [4.69, 9.17) is 17.7 Å². The Kier molecular flexibility index (Phi) is 25.1. The largest absolute Gasteiger partial charge is 0.441 e. The van der Waals surface area contributed by atoms with Gasteiger partial charge in [0.05, 0.1) is 45.8 Å². The van der Waals surface area contributed by atoms with Gasteiger partial charge in [-0.15, -0.1) is 47.0 Å². The Hall–Kier alpha value is -6.20. The standard InChI is InChI=1S/C19H23NO2S.3C18H21NO2S/c1-3-14-6-8-16(9-7-14)19-20-18(13(2)22-19)12-23-11-17(21)10-15-4-5-15;3*1-12-3-7-15(8-4-12)18-19-17(13(2)21-18)11-22-10-16(20)9-14-5-6-14/h6-9,15H,3-5,10-12H2,1-2H3;3*3-4,7-8,14H,5-6,9-11H2,1-2H3. The van der Waals surface area contributed by atoms with Crippen molar-refractivity contribution >= 4 is 70.2 Å². The van der Waals surface area contributed by atoms with Crippen LogP contribution in [0.25, 0.3) is 45.8 Å². The van der Waals surface area contributed by atoms with Gasteiger partial charge in [-0.2, -0.15) is 0 Å². The van der Waals surface area contributed by atoms with E-state index in [0.29, 0.717) is 93.4 Å². The number of oxazole rings is 4. The number of thioether (sulfide) groups is 4. The molecule has 0 unspecified atom stereocenters. The van der Waals surface area contributed by atoms with Crippen molar-refractivity contribution in [2.45, 2.75) is 162 Å². The number of carbonyl (C=O) groups excluding carboxylic acids is 4. The Labute approximate surface area is 543 Å². The molecule has 12 rings (SSSR count). The van der Waals surface area contributed by atoms with Crippen LogP contribution in [-0.4, -0.2) is 66.1 Å². The predicted octanol–water partition coefficient (Wildman–Crippen LogP) is 18.5. The molecule has 0 aliphatic heterocycles. The molecule has 0 radical (unpaired) electrons. The first-order valence-corrected chi connectivity index (χ1v) is 36.2. The van der Waals surface area contributed by atoms with Gasteiger partial charge in [0.25, 0.3) is 0 Å². The average Bonchev–Trinajstić information content (AvgIpc) is 2.98. The summed E-state index contributed by atoms with van der Waals surface area (Å²) in [7, 11) is 0. The van der Waals surface area contributed by atoms with E-state index >= 15 is 0 Å². The molecule has 4 aliphatic carbocycles. The molecular formula is C73H86N4O8S4. The number of Topliss-reactive ketones (excluding diaryl/α,β-unsaturated/α-hetero) is 4. The van der Waals surface area contributed by atoms with Gasteiger partial charge in [-0.05, 0) is 184 Å². The number of ketones is 4. The number of aromatic nitrogens is 4. The summed E-state index contributed by atoms with van der Waals surface area (Å²) in [6, 6.07) is 32.8. The Bertz CT molecular complexity index is 3310. The van der Waals surface area contributed by atoms with Gasteiger partial charge in [0.1, 0.15) is 46.2 Å². The zero-order chi connectivity index (χ0) is 62.8. The van der Waals surface area contributed by atoms with E-state index in [1.165, 1.54) is 73.6 Å². The lowest BCUT2D eigenvalue weighted by Gasteiger charge is -1.99. The molecule has 4 aromatic heterocycles. The van der Waals surface area contributed by atoms with Gasteiger partial charge in [0.2, 0.25) is 23.6 Å². The highest BCUT2D eigenvalue weighted by molar-refractivity contribution is 7.99. The summed E-state index contributed by atoms with van der Waals surface area (Å²) in [5.41, 5.74) is 12.7. The van der Waals surface area contributed by atoms with E-state index in [0.717, 1.165) is 123 Å². The van der Waals surface area contributed by atoms with Gasteiger partial charge in [0, 0.05) is 70.9 Å². The maximum Gasteiger partial charge on any atom is 0.226 e. The van der Waals surface area contributed by atoms with Crippen molar-refractivity contribution in [2.24, 2.45) is 23.7 Å². The summed E-state index contributed by atoms with van der Waals surface area (Å²) in [5.74, 6) is 15.5. The van der Waals surface area contributed by atoms with Crippen LogP contribution >= 0.6 is 47.0 Å². The fourth-order valence-electron chi connectivity index (χ4n) is 9.57. The molecule has 470 valence electrons. The Morgan fingerprint density at radius 2 is 0.562 bits per heavy atom. The summed E-state index contributed by atoms with van der Waals surface area (Å²) in [6.45, 7) is 16.1. The molecule has 8 aromatic rings. The maximum absolute atomic E-state index is 11.8. The predicted molar refractivity (Wildman–Crippen MR) is 364 cm³/mol. The molecule has 0 atom stereocenters. The van der Waals surface area contributed by atoms with E-state index in [-0.39, 0.29) is 0 Å². The lowest BCUT2D eigenvalue weighted by atomic mass is 10.1. The highest BCUT2D eigenvalue weighted by Crippen LogP contribution is 2.37. The second kappa shape index (κ2) is 33.2. The normalized spacial score (nSPS) is 14.2. The van der Waals surface area contributed by atoms with Crippen LogP contribution in [0.15, 0.2) is 115 Å². The van der Waals surface area contributed by atoms with Crippen molar-refractivity contribution in [3.05, 3.63) is 165 Å². The van der Waals surface area contributed by atoms with Gasteiger partial charge >= 0.3 is 0 Å². The van der Waals surface area contributed by atoms with Crippen molar-refractivity contribution in [1.29, 1.82) is 0 Å². The SMILES string of the molecule is CCc1ccc(-c2nc(CSCC(=O)CC3CC3)c(C)o2)cc1.Cc1ccc(-c2nc(CSCC(=O)CC3CC3)c(C)o2)cc1.Cc1ccc(-c2nc(CSCC(=O)CC3CC3)c(C)o2)cc1.Cc1ccc(-c2nc(CSCC(=O)CC3CC3)c(C)o2)cc1. The van der Waals surface area contributed by atoms with Crippen LogP contribution in [0.5, 0.6) is 0 Å². The van der Waals surface area contributed by atoms with E-state index < -0.39 is 0 Å². The first-order valence-electron chi connectivity index (χ1n) is 31.5. The first-order chi connectivity index (χ1) is 43.0. The number of benzene rings is 4. The van der Waals surface area contributed by atoms with Crippen molar-refractivity contribution in [1.82, 2.24) is 19.9 Å². The quantitative estimate of drug-likeness (QED) is 0.0433. The topological polar surface area (TPSA) is 172 Å². The lowest BCUT2D eigenvalue weighted by molar-refractivity contribution is -0.117. The van der Waals surface area contributed by atoms with Crippen LogP contribution in [0.2, 0.25) is 0 Å². The molecule has 12 nitrogen and oxygen atoms in total. The highest BCUT2D eigenvalue weighted by atomic mass is 32.2. The third kappa shape index (κ3) is 22.6. The van der Waals surface area contributed by atoms with Crippen LogP contribution in [0.4, 0.5) is 0 Å². The van der Waals surface area contributed by atoms with Gasteiger partial charge in [-0.25, -0.2) is 19.9 Å². The highest BCUT2D eigenvalue weighted by Gasteiger charge is 2.27. The van der Waals surface area contributed by atoms with Crippen LogP contribution < -0.4 is 0 Å². The molecular weight excluding hydrogens is 1190 g/mol. The summed E-state index contributed by atoms with van der Waals surface area (Å²) < 4.78 is 23.1. The number of hydrogen-bond donors (Lipinski definition) is 0. The van der Waals surface area contributed by atoms with Gasteiger partial charge < -0.3 is 17.7 Å². The summed E-state index contributed by atoms with van der Waals surface area (Å²) in [5, 5.41) is 0. The molecule has 0 saturated heterocycles. The molecule has 0 amide bonds. The Balaban J connectivity index is 0.000000141. The van der Waals surface area contributed by atoms with Crippen LogP contribution in [0.3, 0.4) is 0 Å². The molecule has 0 bridgehead atoms. The fraction of sp³-hybridized carbons (Fsp3) is 0.452. The molecule has 4 aliphatic rings. The summed E-state index contributed by atoms with van der Waals surface area (Å²) >= 11 is 6.55. The first kappa shape index (κ1) is 67.2. The van der Waals surface area contributed by atoms with Crippen molar-refractivity contribution in [3.8, 4) is 45.8 Å². The van der Waals surface area contributed by atoms with E-state index in [1.807, 2.05) is 64.1 Å². The molecule has 0 spiro atoms. The van der Waals surface area contributed by atoms with Gasteiger partial charge in [0.15, 0.2) is 0 Å². The van der Waals surface area contributed by atoms with Gasteiger partial charge in [-0.3, -0.25) is 19.2 Å². The molecule has 4 saturated carbocycles. The molecule has 16 heteroatoms. The summed E-state index contributed by atoms with van der Waals surface area (Å²) in [6.07, 6.45) is 14.0. The average molecular weight is 1280 g/mol. The lowest BCUT2D eigenvalue weighted by Crippen LogP contribution is -2.02. The Morgan fingerprint density at radius 3 is 0.764 bits per heavy atom. The second-order valence-electron chi connectivity index (χ2n) is 24.5. The Morgan fingerprint density at radius 1 is 0.348 bits per heavy atom. The van der Waals surface area contributed by atoms with Crippen LogP contribution in [0, 0.1) is 72.1 Å². The minimum atomic E-state index is 0.368. The number of aryl methyl sites for hydroxylation is 8. The molecule has 4 fully saturated rings. The third-order valence-corrected chi connectivity index (χ3v) is 20.0. The second-order valence-corrected chi connectivity index (χ2v) is 28.4. The van der Waals surface area contributed by atoms with Crippen molar-refractivity contribution < 1.29 is 36.8 Å². The van der Waals surface area contributed by atoms with Crippen molar-refractivity contribution in [3.63, 3.8) is 0 Å². The number of nitrogens with zero attached hydrogens (tertiary/aromatic N) is 4. The zero-order valence-corrected chi connectivity index (χ0v) is 56.4. The van der Waals surface area contributed by atoms with Gasteiger partial charge in [-0.1, -0.05) is 72.1 Å². The van der Waals surface area contributed by atoms with E-state index in [9.17, 15) is 19.2 Å². The van der Waals surface area contributed by atoms with Crippen LogP contribution in [-0.2, 0) is 48.6 Å². The van der Waals surface area contributed by atoms with E-state index in [2.05, 4.69) is 108 Å². The smallest absolute Gasteiger partial charge is 0.226 e. The monoisotopic (exact) mass is 1270 g/mol. The number of hydrogen-bond acceptors (Lipinski definition) is 16.